The molecule has 0 saturated heterocycles. The maximum atomic E-state index is 10.6. The summed E-state index contributed by atoms with van der Waals surface area (Å²) in [5.41, 5.74) is 2.41. The summed E-state index contributed by atoms with van der Waals surface area (Å²) >= 11 is 1.34. The number of anilines is 1. The Morgan fingerprint density at radius 3 is 2.60 bits per heavy atom. The second kappa shape index (κ2) is 6.17. The Morgan fingerprint density at radius 2 is 2.05 bits per heavy atom. The summed E-state index contributed by atoms with van der Waals surface area (Å²) in [6.45, 7) is 0. The number of non-ortho nitro benzene ring substituents is 1. The molecule has 9 heteroatoms. The Bertz CT molecular complexity index is 598. The highest BCUT2D eigenvalue weighted by Gasteiger charge is 2.08. The van der Waals surface area contributed by atoms with E-state index in [1.165, 1.54) is 42.1 Å². The number of nitrogens with two attached hydrogens (primary N) is 1. The van der Waals surface area contributed by atoms with Gasteiger partial charge in [-0.05, 0) is 18.4 Å². The number of nitrogens with one attached hydrogen (secondary N) is 1. The van der Waals surface area contributed by atoms with Crippen molar-refractivity contribution in [2.75, 3.05) is 11.7 Å². The molecule has 2 rings (SSSR count). The summed E-state index contributed by atoms with van der Waals surface area (Å²) in [5, 5.41) is 11.1. The number of thioether (sulfide) groups is 1. The number of hydrogen-bond donors (Lipinski definition) is 2. The molecule has 0 aliphatic carbocycles. The summed E-state index contributed by atoms with van der Waals surface area (Å²) in [5.74, 6) is 6.46. The Hall–Kier alpha value is -2.39. The summed E-state index contributed by atoms with van der Waals surface area (Å²) in [6.07, 6.45) is 1.82. The molecule has 1 aromatic heterocycles. The van der Waals surface area contributed by atoms with E-state index in [4.69, 9.17) is 10.6 Å². The number of rotatable bonds is 5. The van der Waals surface area contributed by atoms with E-state index in [2.05, 4.69) is 15.4 Å². The van der Waals surface area contributed by atoms with Crippen LogP contribution in [0.2, 0.25) is 0 Å². The smallest absolute Gasteiger partial charge is 0.269 e. The highest BCUT2D eigenvalue weighted by molar-refractivity contribution is 7.98. The standard InChI is InChI=1S/C11H11N5O3S/c1-20-11-13-9(15-12)6-10(14-11)19-8-4-2-7(3-5-8)16(17)18/h2-6H,12H2,1H3,(H,13,14,15). The van der Waals surface area contributed by atoms with Gasteiger partial charge in [0.15, 0.2) is 5.16 Å². The van der Waals surface area contributed by atoms with E-state index >= 15 is 0 Å². The van der Waals surface area contributed by atoms with Crippen LogP contribution in [0.25, 0.3) is 0 Å². The van der Waals surface area contributed by atoms with E-state index in [0.29, 0.717) is 22.6 Å². The molecule has 0 bridgehead atoms. The third-order valence-corrected chi connectivity index (χ3v) is 2.83. The molecule has 1 aromatic carbocycles. The van der Waals surface area contributed by atoms with Crippen molar-refractivity contribution in [1.29, 1.82) is 0 Å². The van der Waals surface area contributed by atoms with Crippen molar-refractivity contribution >= 4 is 23.3 Å². The van der Waals surface area contributed by atoms with Crippen LogP contribution in [0.15, 0.2) is 35.5 Å². The lowest BCUT2D eigenvalue weighted by molar-refractivity contribution is -0.384. The molecule has 1 heterocycles. The second-order valence-corrected chi connectivity index (χ2v) is 4.35. The number of hydrazine groups is 1. The van der Waals surface area contributed by atoms with Crippen LogP contribution in [0.3, 0.4) is 0 Å². The first-order valence-electron chi connectivity index (χ1n) is 5.44. The normalized spacial score (nSPS) is 10.1. The third kappa shape index (κ3) is 3.33. The number of nitrogens with zero attached hydrogens (tertiary/aromatic N) is 3. The third-order valence-electron chi connectivity index (χ3n) is 2.28. The molecule has 0 radical (unpaired) electrons. The number of aromatic nitrogens is 2. The van der Waals surface area contributed by atoms with Crippen LogP contribution in [0.5, 0.6) is 11.6 Å². The molecular formula is C11H11N5O3S. The van der Waals surface area contributed by atoms with Gasteiger partial charge < -0.3 is 10.2 Å². The summed E-state index contributed by atoms with van der Waals surface area (Å²) in [6, 6.07) is 7.23. The van der Waals surface area contributed by atoms with Crippen LogP contribution >= 0.6 is 11.8 Å². The predicted octanol–water partition coefficient (Wildman–Crippen LogP) is 2.18. The zero-order chi connectivity index (χ0) is 14.5. The van der Waals surface area contributed by atoms with Gasteiger partial charge in [0.1, 0.15) is 11.6 Å². The SMILES string of the molecule is CSc1nc(NN)cc(Oc2ccc([N+](=O)[O-])cc2)n1. The van der Waals surface area contributed by atoms with Gasteiger partial charge >= 0.3 is 0 Å². The number of ether oxygens (including phenoxy) is 1. The number of nitro groups is 1. The van der Waals surface area contributed by atoms with Gasteiger partial charge in [0.25, 0.3) is 5.69 Å². The van der Waals surface area contributed by atoms with Crippen molar-refractivity contribution in [2.24, 2.45) is 5.84 Å². The average molecular weight is 293 g/mol. The minimum atomic E-state index is -0.475. The molecular weight excluding hydrogens is 282 g/mol. The topological polar surface area (TPSA) is 116 Å². The summed E-state index contributed by atoms with van der Waals surface area (Å²) in [7, 11) is 0. The van der Waals surface area contributed by atoms with E-state index < -0.39 is 4.92 Å². The maximum Gasteiger partial charge on any atom is 0.269 e. The van der Waals surface area contributed by atoms with Crippen molar-refractivity contribution in [3.8, 4) is 11.6 Å². The molecule has 104 valence electrons. The summed E-state index contributed by atoms with van der Waals surface area (Å²) in [4.78, 5) is 18.3. The Morgan fingerprint density at radius 1 is 1.35 bits per heavy atom. The van der Waals surface area contributed by atoms with Gasteiger partial charge in [0, 0.05) is 18.2 Å². The number of hydrogen-bond acceptors (Lipinski definition) is 8. The quantitative estimate of drug-likeness (QED) is 0.283. The molecule has 0 saturated carbocycles. The van der Waals surface area contributed by atoms with Gasteiger partial charge in [-0.15, -0.1) is 0 Å². The second-order valence-electron chi connectivity index (χ2n) is 3.58. The van der Waals surface area contributed by atoms with Crippen molar-refractivity contribution in [3.63, 3.8) is 0 Å². The molecule has 0 fully saturated rings. The average Bonchev–Trinajstić information content (AvgIpc) is 2.47. The summed E-state index contributed by atoms with van der Waals surface area (Å²) < 4.78 is 5.52. The Balaban J connectivity index is 2.22. The maximum absolute atomic E-state index is 10.6. The van der Waals surface area contributed by atoms with E-state index in [-0.39, 0.29) is 5.69 Å². The molecule has 2 aromatic rings. The van der Waals surface area contributed by atoms with Gasteiger partial charge in [-0.1, -0.05) is 11.8 Å². The van der Waals surface area contributed by atoms with Crippen molar-refractivity contribution < 1.29 is 9.66 Å². The Labute approximate surface area is 118 Å². The highest BCUT2D eigenvalue weighted by atomic mass is 32.2. The van der Waals surface area contributed by atoms with Gasteiger partial charge in [-0.2, -0.15) is 4.98 Å². The number of nitrogen functional groups attached to an aromatic ring is 1. The first kappa shape index (κ1) is 14.0. The monoisotopic (exact) mass is 293 g/mol. The lowest BCUT2D eigenvalue weighted by atomic mass is 10.3. The minimum absolute atomic E-state index is 0.00541. The van der Waals surface area contributed by atoms with Crippen LogP contribution in [0, 0.1) is 10.1 Å². The predicted molar refractivity (Wildman–Crippen MR) is 74.8 cm³/mol. The van der Waals surface area contributed by atoms with E-state index in [9.17, 15) is 10.1 Å². The van der Waals surface area contributed by atoms with E-state index in [0.717, 1.165) is 0 Å². The Kier molecular flexibility index (Phi) is 4.33. The largest absolute Gasteiger partial charge is 0.439 e. The molecule has 0 amide bonds. The van der Waals surface area contributed by atoms with Crippen LogP contribution in [0.1, 0.15) is 0 Å². The van der Waals surface area contributed by atoms with Gasteiger partial charge in [-0.25, -0.2) is 10.8 Å². The lowest BCUT2D eigenvalue weighted by Crippen LogP contribution is -2.09. The number of nitro benzene ring substituents is 1. The molecule has 0 spiro atoms. The molecule has 8 nitrogen and oxygen atoms in total. The molecule has 0 aliphatic heterocycles. The van der Waals surface area contributed by atoms with Crippen molar-refractivity contribution in [3.05, 3.63) is 40.4 Å². The molecule has 3 N–H and O–H groups in total. The van der Waals surface area contributed by atoms with Crippen LogP contribution in [-0.4, -0.2) is 21.1 Å². The van der Waals surface area contributed by atoms with E-state index in [1.807, 2.05) is 6.26 Å². The number of benzene rings is 1. The fourth-order valence-electron chi connectivity index (χ4n) is 1.38. The van der Waals surface area contributed by atoms with E-state index in [1.54, 1.807) is 0 Å². The van der Waals surface area contributed by atoms with Gasteiger partial charge in [-0.3, -0.25) is 10.1 Å². The fraction of sp³-hybridized carbons (Fsp3) is 0.0909. The molecule has 0 atom stereocenters. The first-order valence-corrected chi connectivity index (χ1v) is 6.67. The minimum Gasteiger partial charge on any atom is -0.439 e. The van der Waals surface area contributed by atoms with Gasteiger partial charge in [0.05, 0.1) is 4.92 Å². The van der Waals surface area contributed by atoms with Crippen LogP contribution in [-0.2, 0) is 0 Å². The zero-order valence-electron chi connectivity index (χ0n) is 10.4. The fourth-order valence-corrected chi connectivity index (χ4v) is 1.75. The van der Waals surface area contributed by atoms with Crippen molar-refractivity contribution in [1.82, 2.24) is 9.97 Å². The first-order chi connectivity index (χ1) is 9.62. The van der Waals surface area contributed by atoms with Crippen LogP contribution in [0.4, 0.5) is 11.5 Å². The molecule has 20 heavy (non-hydrogen) atoms. The van der Waals surface area contributed by atoms with Gasteiger partial charge in [0.2, 0.25) is 5.88 Å². The molecule has 0 unspecified atom stereocenters. The highest BCUT2D eigenvalue weighted by Crippen LogP contribution is 2.25. The zero-order valence-corrected chi connectivity index (χ0v) is 11.3. The van der Waals surface area contributed by atoms with Crippen LogP contribution < -0.4 is 16.0 Å². The van der Waals surface area contributed by atoms with Crippen molar-refractivity contribution in [2.45, 2.75) is 5.16 Å². The molecule has 0 aliphatic rings. The lowest BCUT2D eigenvalue weighted by Gasteiger charge is -2.07.